The predicted molar refractivity (Wildman–Crippen MR) is 86.2 cm³/mol. The molecule has 2 aromatic rings. The monoisotopic (exact) mass is 329 g/mol. The molecule has 0 spiro atoms. The molecule has 2 amide bonds. The molecule has 8 heteroatoms. The second kappa shape index (κ2) is 7.03. The number of anilines is 2. The smallest absolute Gasteiger partial charge is 0.275 e. The third kappa shape index (κ3) is 3.65. The quantitative estimate of drug-likeness (QED) is 0.851. The summed E-state index contributed by atoms with van der Waals surface area (Å²) in [5.41, 5.74) is 0.659. The van der Waals surface area contributed by atoms with Crippen LogP contribution in [-0.4, -0.2) is 53.4 Å². The molecule has 24 heavy (non-hydrogen) atoms. The summed E-state index contributed by atoms with van der Waals surface area (Å²) in [5, 5.41) is 2.63. The number of hydrogen-bond acceptors (Lipinski definition) is 5. The predicted octanol–water partition coefficient (Wildman–Crippen LogP) is 1.15. The van der Waals surface area contributed by atoms with E-state index in [1.54, 1.807) is 4.90 Å². The maximum absolute atomic E-state index is 12.9. The van der Waals surface area contributed by atoms with Gasteiger partial charge in [-0.25, -0.2) is 14.4 Å². The SMILES string of the molecule is O=CN1CCN(c2cnc(C(=O)Nc3ccc(F)cc3)cn2)CC1. The van der Waals surface area contributed by atoms with E-state index >= 15 is 0 Å². The van der Waals surface area contributed by atoms with Crippen molar-refractivity contribution in [3.05, 3.63) is 48.2 Å². The average Bonchev–Trinajstić information content (AvgIpc) is 2.64. The van der Waals surface area contributed by atoms with E-state index in [2.05, 4.69) is 15.3 Å². The standard InChI is InChI=1S/C16H16FN5O2/c17-12-1-3-13(4-2-12)20-16(24)14-9-19-15(10-18-14)22-7-5-21(11-23)6-8-22/h1-4,9-11H,5-8H2,(H,20,24). The molecule has 1 saturated heterocycles. The lowest BCUT2D eigenvalue weighted by Crippen LogP contribution is -2.46. The van der Waals surface area contributed by atoms with Gasteiger partial charge in [0.1, 0.15) is 17.3 Å². The summed E-state index contributed by atoms with van der Waals surface area (Å²) < 4.78 is 12.9. The highest BCUT2D eigenvalue weighted by Crippen LogP contribution is 2.13. The first-order valence-corrected chi connectivity index (χ1v) is 7.49. The van der Waals surface area contributed by atoms with Crippen LogP contribution in [-0.2, 0) is 4.79 Å². The molecule has 0 aliphatic carbocycles. The van der Waals surface area contributed by atoms with Crippen molar-refractivity contribution in [1.29, 1.82) is 0 Å². The van der Waals surface area contributed by atoms with Gasteiger partial charge in [-0.05, 0) is 24.3 Å². The van der Waals surface area contributed by atoms with Crippen LogP contribution >= 0.6 is 0 Å². The number of amides is 2. The molecule has 7 nitrogen and oxygen atoms in total. The lowest BCUT2D eigenvalue weighted by Gasteiger charge is -2.33. The Kier molecular flexibility index (Phi) is 4.64. The van der Waals surface area contributed by atoms with Crippen LogP contribution in [0.3, 0.4) is 0 Å². The summed E-state index contributed by atoms with van der Waals surface area (Å²) in [6.45, 7) is 2.62. The first kappa shape index (κ1) is 15.9. The van der Waals surface area contributed by atoms with Crippen molar-refractivity contribution < 1.29 is 14.0 Å². The molecular weight excluding hydrogens is 313 g/mol. The van der Waals surface area contributed by atoms with Gasteiger partial charge in [0.05, 0.1) is 12.4 Å². The van der Waals surface area contributed by atoms with E-state index in [1.807, 2.05) is 4.90 Å². The maximum Gasteiger partial charge on any atom is 0.275 e. The molecule has 1 aliphatic rings. The Morgan fingerprint density at radius 2 is 1.79 bits per heavy atom. The summed E-state index contributed by atoms with van der Waals surface area (Å²) >= 11 is 0. The van der Waals surface area contributed by atoms with E-state index in [9.17, 15) is 14.0 Å². The molecule has 2 heterocycles. The number of benzene rings is 1. The van der Waals surface area contributed by atoms with Crippen molar-refractivity contribution in [2.24, 2.45) is 0 Å². The van der Waals surface area contributed by atoms with E-state index < -0.39 is 5.91 Å². The lowest BCUT2D eigenvalue weighted by molar-refractivity contribution is -0.118. The number of carbonyl (C=O) groups excluding carboxylic acids is 2. The van der Waals surface area contributed by atoms with Crippen LogP contribution in [0.1, 0.15) is 10.5 Å². The molecule has 124 valence electrons. The molecule has 0 bridgehead atoms. The van der Waals surface area contributed by atoms with Crippen LogP contribution in [0, 0.1) is 5.82 Å². The van der Waals surface area contributed by atoms with E-state index in [-0.39, 0.29) is 11.5 Å². The van der Waals surface area contributed by atoms with Gasteiger partial charge in [0.2, 0.25) is 6.41 Å². The van der Waals surface area contributed by atoms with Crippen LogP contribution in [0.4, 0.5) is 15.9 Å². The van der Waals surface area contributed by atoms with Crippen molar-refractivity contribution in [2.75, 3.05) is 36.4 Å². The van der Waals surface area contributed by atoms with Crippen LogP contribution in [0.15, 0.2) is 36.7 Å². The van der Waals surface area contributed by atoms with Crippen molar-refractivity contribution in [3.63, 3.8) is 0 Å². The number of aromatic nitrogens is 2. The Morgan fingerprint density at radius 3 is 2.38 bits per heavy atom. The van der Waals surface area contributed by atoms with Gasteiger partial charge in [-0.3, -0.25) is 9.59 Å². The summed E-state index contributed by atoms with van der Waals surface area (Å²) in [6.07, 6.45) is 3.78. The average molecular weight is 329 g/mol. The summed E-state index contributed by atoms with van der Waals surface area (Å²) in [6, 6.07) is 5.48. The van der Waals surface area contributed by atoms with Gasteiger partial charge < -0.3 is 15.1 Å². The lowest BCUT2D eigenvalue weighted by atomic mass is 10.3. The summed E-state index contributed by atoms with van der Waals surface area (Å²) in [7, 11) is 0. The molecule has 3 rings (SSSR count). The van der Waals surface area contributed by atoms with Gasteiger partial charge in [0.15, 0.2) is 0 Å². The molecule has 1 aromatic heterocycles. The molecular formula is C16H16FN5O2. The van der Waals surface area contributed by atoms with Crippen molar-refractivity contribution in [2.45, 2.75) is 0 Å². The van der Waals surface area contributed by atoms with E-state index in [4.69, 9.17) is 0 Å². The fourth-order valence-electron chi connectivity index (χ4n) is 2.39. The normalized spacial score (nSPS) is 14.4. The molecule has 1 aromatic carbocycles. The van der Waals surface area contributed by atoms with Gasteiger partial charge >= 0.3 is 0 Å². The van der Waals surface area contributed by atoms with E-state index in [1.165, 1.54) is 36.7 Å². The highest BCUT2D eigenvalue weighted by Gasteiger charge is 2.17. The number of halogens is 1. The van der Waals surface area contributed by atoms with Gasteiger partial charge in [0.25, 0.3) is 5.91 Å². The van der Waals surface area contributed by atoms with Crippen molar-refractivity contribution in [3.8, 4) is 0 Å². The molecule has 1 aliphatic heterocycles. The Balaban J connectivity index is 1.62. The molecule has 1 N–H and O–H groups in total. The third-order valence-corrected chi connectivity index (χ3v) is 3.76. The van der Waals surface area contributed by atoms with Gasteiger partial charge in [-0.15, -0.1) is 0 Å². The number of carbonyl (C=O) groups is 2. The molecule has 0 radical (unpaired) electrons. The highest BCUT2D eigenvalue weighted by atomic mass is 19.1. The third-order valence-electron chi connectivity index (χ3n) is 3.76. The number of nitrogens with zero attached hydrogens (tertiary/aromatic N) is 4. The van der Waals surface area contributed by atoms with Crippen molar-refractivity contribution in [1.82, 2.24) is 14.9 Å². The topological polar surface area (TPSA) is 78.4 Å². The zero-order chi connectivity index (χ0) is 16.9. The van der Waals surface area contributed by atoms with Crippen LogP contribution in [0.5, 0.6) is 0 Å². The molecule has 0 saturated carbocycles. The van der Waals surface area contributed by atoms with Crippen LogP contribution in [0.2, 0.25) is 0 Å². The van der Waals surface area contributed by atoms with Crippen LogP contribution < -0.4 is 10.2 Å². The van der Waals surface area contributed by atoms with Gasteiger partial charge in [-0.2, -0.15) is 0 Å². The Hall–Kier alpha value is -3.03. The zero-order valence-electron chi connectivity index (χ0n) is 12.9. The Labute approximate surface area is 138 Å². The highest BCUT2D eigenvalue weighted by molar-refractivity contribution is 6.02. The minimum atomic E-state index is -0.411. The van der Waals surface area contributed by atoms with Crippen molar-refractivity contribution >= 4 is 23.8 Å². The number of piperazine rings is 1. The first-order chi connectivity index (χ1) is 11.7. The maximum atomic E-state index is 12.9. The van der Waals surface area contributed by atoms with Gasteiger partial charge in [0, 0.05) is 31.9 Å². The fourth-order valence-corrected chi connectivity index (χ4v) is 2.39. The van der Waals surface area contributed by atoms with E-state index in [0.717, 1.165) is 6.41 Å². The first-order valence-electron chi connectivity index (χ1n) is 7.49. The number of nitrogens with one attached hydrogen (secondary N) is 1. The fraction of sp³-hybridized carbons (Fsp3) is 0.250. The number of rotatable bonds is 4. The minimum Gasteiger partial charge on any atom is -0.352 e. The second-order valence-electron chi connectivity index (χ2n) is 5.35. The molecule has 0 unspecified atom stereocenters. The van der Waals surface area contributed by atoms with Crippen LogP contribution in [0.25, 0.3) is 0 Å². The largest absolute Gasteiger partial charge is 0.352 e. The molecule has 1 fully saturated rings. The Bertz CT molecular complexity index is 712. The minimum absolute atomic E-state index is 0.176. The van der Waals surface area contributed by atoms with Gasteiger partial charge in [-0.1, -0.05) is 0 Å². The van der Waals surface area contributed by atoms with E-state index in [0.29, 0.717) is 37.7 Å². The number of hydrogen-bond donors (Lipinski definition) is 1. The Morgan fingerprint density at radius 1 is 1.08 bits per heavy atom. The second-order valence-corrected chi connectivity index (χ2v) is 5.35. The summed E-state index contributed by atoms with van der Waals surface area (Å²) in [4.78, 5) is 34.9. The molecule has 0 atom stereocenters. The summed E-state index contributed by atoms with van der Waals surface area (Å²) in [5.74, 6) is -0.114. The zero-order valence-corrected chi connectivity index (χ0v) is 12.9.